The first-order chi connectivity index (χ1) is 10.5. The molecule has 0 fully saturated rings. The van der Waals surface area contributed by atoms with Crippen molar-refractivity contribution in [3.63, 3.8) is 0 Å². The number of nitrogens with one attached hydrogen (secondary N) is 1. The predicted molar refractivity (Wildman–Crippen MR) is 81.4 cm³/mol. The first kappa shape index (κ1) is 15.2. The van der Waals surface area contributed by atoms with Crippen LogP contribution in [0.5, 0.6) is 5.75 Å². The molecule has 2 aromatic carbocycles. The number of ether oxygens (including phenoxy) is 1. The van der Waals surface area contributed by atoms with Crippen LogP contribution in [0.25, 0.3) is 0 Å². The number of hydrogen-bond donors (Lipinski definition) is 2. The Kier molecular flexibility index (Phi) is 4.47. The highest BCUT2D eigenvalue weighted by molar-refractivity contribution is 6.09. The molecule has 2 amide bonds. The van der Waals surface area contributed by atoms with Crippen LogP contribution in [0.1, 0.15) is 20.7 Å². The summed E-state index contributed by atoms with van der Waals surface area (Å²) in [6, 6.07) is 10.4. The Balaban J connectivity index is 2.31. The molecule has 0 spiro atoms. The van der Waals surface area contributed by atoms with Crippen molar-refractivity contribution in [1.82, 2.24) is 0 Å². The highest BCUT2D eigenvalue weighted by atomic mass is 16.5. The topological polar surface area (TPSA) is 111 Å². The van der Waals surface area contributed by atoms with Crippen molar-refractivity contribution in [2.75, 3.05) is 12.4 Å². The van der Waals surface area contributed by atoms with Gasteiger partial charge in [0, 0.05) is 5.56 Å². The minimum Gasteiger partial charge on any atom is -0.497 e. The number of anilines is 1. The van der Waals surface area contributed by atoms with E-state index in [4.69, 9.17) is 10.5 Å². The SMILES string of the molecule is COc1ccc(NC(=O)c2cccc(N=O)c2)c(C(N)=O)c1. The van der Waals surface area contributed by atoms with Gasteiger partial charge in [-0.25, -0.2) is 0 Å². The van der Waals surface area contributed by atoms with Gasteiger partial charge >= 0.3 is 0 Å². The molecular weight excluding hydrogens is 286 g/mol. The van der Waals surface area contributed by atoms with Crippen molar-refractivity contribution in [3.05, 3.63) is 58.5 Å². The van der Waals surface area contributed by atoms with Gasteiger partial charge in [-0.3, -0.25) is 9.59 Å². The van der Waals surface area contributed by atoms with Crippen LogP contribution in [0.2, 0.25) is 0 Å². The molecule has 7 heteroatoms. The van der Waals surface area contributed by atoms with E-state index in [9.17, 15) is 14.5 Å². The summed E-state index contributed by atoms with van der Waals surface area (Å²) in [6.45, 7) is 0. The second-order valence-electron chi connectivity index (χ2n) is 4.37. The van der Waals surface area contributed by atoms with Crippen molar-refractivity contribution >= 4 is 23.2 Å². The average Bonchev–Trinajstić information content (AvgIpc) is 2.55. The molecule has 0 aliphatic rings. The smallest absolute Gasteiger partial charge is 0.255 e. The number of rotatable bonds is 5. The van der Waals surface area contributed by atoms with E-state index in [0.29, 0.717) is 5.75 Å². The largest absolute Gasteiger partial charge is 0.497 e. The lowest BCUT2D eigenvalue weighted by atomic mass is 10.1. The Hall–Kier alpha value is -3.22. The molecule has 0 radical (unpaired) electrons. The molecule has 0 heterocycles. The molecule has 22 heavy (non-hydrogen) atoms. The quantitative estimate of drug-likeness (QED) is 0.826. The summed E-state index contributed by atoms with van der Waals surface area (Å²) in [5.41, 5.74) is 6.05. The third-order valence-corrected chi connectivity index (χ3v) is 2.95. The lowest BCUT2D eigenvalue weighted by Gasteiger charge is -2.10. The number of nitroso groups, excluding NO2 is 1. The third-order valence-electron chi connectivity index (χ3n) is 2.95. The Labute approximate surface area is 126 Å². The molecule has 7 nitrogen and oxygen atoms in total. The Morgan fingerprint density at radius 1 is 1.18 bits per heavy atom. The molecule has 0 aliphatic carbocycles. The lowest BCUT2D eigenvalue weighted by Crippen LogP contribution is -2.18. The van der Waals surface area contributed by atoms with Gasteiger partial charge in [-0.15, -0.1) is 4.91 Å². The van der Waals surface area contributed by atoms with Gasteiger partial charge in [0.25, 0.3) is 11.8 Å². The fraction of sp³-hybridized carbons (Fsp3) is 0.0667. The maximum absolute atomic E-state index is 12.2. The summed E-state index contributed by atoms with van der Waals surface area (Å²) in [4.78, 5) is 34.1. The minimum absolute atomic E-state index is 0.123. The zero-order chi connectivity index (χ0) is 16.1. The number of nitrogens with zero attached hydrogens (tertiary/aromatic N) is 1. The van der Waals surface area contributed by atoms with Crippen LogP contribution < -0.4 is 15.8 Å². The number of primary amides is 1. The fourth-order valence-corrected chi connectivity index (χ4v) is 1.86. The molecule has 0 saturated carbocycles. The van der Waals surface area contributed by atoms with Crippen LogP contribution in [0, 0.1) is 4.91 Å². The van der Waals surface area contributed by atoms with E-state index in [0.717, 1.165) is 0 Å². The number of carbonyl (C=O) groups is 2. The normalized spacial score (nSPS) is 9.86. The Morgan fingerprint density at radius 2 is 1.95 bits per heavy atom. The fourth-order valence-electron chi connectivity index (χ4n) is 1.86. The molecule has 0 aliphatic heterocycles. The van der Waals surface area contributed by atoms with Crippen LogP contribution in [-0.2, 0) is 0 Å². The lowest BCUT2D eigenvalue weighted by molar-refractivity contribution is 0.100. The van der Waals surface area contributed by atoms with Crippen LogP contribution in [0.3, 0.4) is 0 Å². The van der Waals surface area contributed by atoms with Crippen molar-refractivity contribution in [2.24, 2.45) is 10.9 Å². The van der Waals surface area contributed by atoms with Crippen molar-refractivity contribution in [3.8, 4) is 5.75 Å². The molecular formula is C15H13N3O4. The number of amides is 2. The molecule has 0 unspecified atom stereocenters. The summed E-state index contributed by atoms with van der Waals surface area (Å²) in [5, 5.41) is 5.34. The minimum atomic E-state index is -0.697. The van der Waals surface area contributed by atoms with Gasteiger partial charge in [-0.05, 0) is 41.6 Å². The summed E-state index contributed by atoms with van der Waals surface area (Å²) >= 11 is 0. The van der Waals surface area contributed by atoms with Crippen LogP contribution in [0.4, 0.5) is 11.4 Å². The second kappa shape index (κ2) is 6.49. The van der Waals surface area contributed by atoms with Gasteiger partial charge in [-0.2, -0.15) is 0 Å². The van der Waals surface area contributed by atoms with Gasteiger partial charge in [0.1, 0.15) is 11.4 Å². The van der Waals surface area contributed by atoms with E-state index < -0.39 is 11.8 Å². The van der Waals surface area contributed by atoms with E-state index in [2.05, 4.69) is 10.5 Å². The molecule has 0 bridgehead atoms. The number of carbonyl (C=O) groups excluding carboxylic acids is 2. The van der Waals surface area contributed by atoms with Crippen LogP contribution >= 0.6 is 0 Å². The van der Waals surface area contributed by atoms with Crippen LogP contribution in [-0.4, -0.2) is 18.9 Å². The average molecular weight is 299 g/mol. The Morgan fingerprint density at radius 3 is 2.59 bits per heavy atom. The molecule has 0 atom stereocenters. The van der Waals surface area contributed by atoms with E-state index in [-0.39, 0.29) is 22.5 Å². The van der Waals surface area contributed by atoms with Crippen molar-refractivity contribution in [1.29, 1.82) is 0 Å². The maximum Gasteiger partial charge on any atom is 0.255 e. The Bertz CT molecular complexity index is 743. The third kappa shape index (κ3) is 3.26. The monoisotopic (exact) mass is 299 g/mol. The highest BCUT2D eigenvalue weighted by Crippen LogP contribution is 2.23. The number of benzene rings is 2. The first-order valence-corrected chi connectivity index (χ1v) is 6.27. The molecule has 2 rings (SSSR count). The highest BCUT2D eigenvalue weighted by Gasteiger charge is 2.14. The van der Waals surface area contributed by atoms with Gasteiger partial charge in [0.15, 0.2) is 0 Å². The zero-order valence-electron chi connectivity index (χ0n) is 11.7. The van der Waals surface area contributed by atoms with Gasteiger partial charge in [0.2, 0.25) is 0 Å². The van der Waals surface area contributed by atoms with Gasteiger partial charge < -0.3 is 15.8 Å². The second-order valence-corrected chi connectivity index (χ2v) is 4.37. The molecule has 112 valence electrons. The van der Waals surface area contributed by atoms with E-state index in [1.807, 2.05) is 0 Å². The molecule has 2 aromatic rings. The molecule has 0 saturated heterocycles. The van der Waals surface area contributed by atoms with Crippen molar-refractivity contribution < 1.29 is 14.3 Å². The summed E-state index contributed by atoms with van der Waals surface area (Å²) in [5.74, 6) is -0.741. The van der Waals surface area contributed by atoms with E-state index >= 15 is 0 Å². The van der Waals surface area contributed by atoms with Gasteiger partial charge in [-0.1, -0.05) is 6.07 Å². The molecule has 0 aromatic heterocycles. The first-order valence-electron chi connectivity index (χ1n) is 6.27. The summed E-state index contributed by atoms with van der Waals surface area (Å²) in [6.07, 6.45) is 0. The zero-order valence-corrected chi connectivity index (χ0v) is 11.7. The number of nitrogens with two attached hydrogens (primary N) is 1. The van der Waals surface area contributed by atoms with Crippen LogP contribution in [0.15, 0.2) is 47.6 Å². The van der Waals surface area contributed by atoms with Crippen molar-refractivity contribution in [2.45, 2.75) is 0 Å². The number of methoxy groups -OCH3 is 1. The standard InChI is InChI=1S/C15H13N3O4/c1-22-11-5-6-13(12(8-11)14(16)19)17-15(20)9-3-2-4-10(7-9)18-21/h2-8H,1H3,(H2,16,19)(H,17,20). The van der Waals surface area contributed by atoms with Gasteiger partial charge in [0.05, 0.1) is 18.4 Å². The number of hydrogen-bond acceptors (Lipinski definition) is 5. The molecule has 3 N–H and O–H groups in total. The predicted octanol–water partition coefficient (Wildman–Crippen LogP) is 2.44. The van der Waals surface area contributed by atoms with E-state index in [1.165, 1.54) is 43.5 Å². The maximum atomic E-state index is 12.2. The summed E-state index contributed by atoms with van der Waals surface area (Å²) < 4.78 is 5.01. The summed E-state index contributed by atoms with van der Waals surface area (Å²) in [7, 11) is 1.45. The van der Waals surface area contributed by atoms with E-state index in [1.54, 1.807) is 6.07 Å².